The number of phenols is 1. The SMILES string of the molecule is CCn1c(C)cc(C(=O)CSc2nnnn2-c2ccc(O)cc2)c1C. The van der Waals surface area contributed by atoms with Gasteiger partial charge in [0.25, 0.3) is 0 Å². The first-order valence-electron chi connectivity index (χ1n) is 7.91. The van der Waals surface area contributed by atoms with Crippen LogP contribution in [-0.2, 0) is 6.54 Å². The molecule has 0 unspecified atom stereocenters. The quantitative estimate of drug-likeness (QED) is 0.539. The summed E-state index contributed by atoms with van der Waals surface area (Å²) in [4.78, 5) is 12.6. The van der Waals surface area contributed by atoms with Gasteiger partial charge in [0.15, 0.2) is 5.78 Å². The number of carbonyl (C=O) groups is 1. The maximum Gasteiger partial charge on any atom is 0.214 e. The largest absolute Gasteiger partial charge is 0.508 e. The molecule has 2 aromatic heterocycles. The van der Waals surface area contributed by atoms with Crippen LogP contribution in [0.15, 0.2) is 35.5 Å². The van der Waals surface area contributed by atoms with Crippen molar-refractivity contribution in [3.8, 4) is 11.4 Å². The number of aromatic nitrogens is 5. The van der Waals surface area contributed by atoms with Crippen LogP contribution in [0.25, 0.3) is 5.69 Å². The third-order valence-electron chi connectivity index (χ3n) is 4.06. The van der Waals surface area contributed by atoms with Crippen LogP contribution in [0.4, 0.5) is 0 Å². The number of Topliss-reactive ketones (excluding diaryl/α,β-unsaturated/α-hetero) is 1. The summed E-state index contributed by atoms with van der Waals surface area (Å²) in [6, 6.07) is 8.50. The zero-order valence-electron chi connectivity index (χ0n) is 14.3. The average molecular weight is 357 g/mol. The molecule has 0 atom stereocenters. The first kappa shape index (κ1) is 17.2. The Balaban J connectivity index is 1.76. The summed E-state index contributed by atoms with van der Waals surface area (Å²) in [5, 5.41) is 21.5. The lowest BCUT2D eigenvalue weighted by Crippen LogP contribution is -2.07. The van der Waals surface area contributed by atoms with Crippen LogP contribution in [0, 0.1) is 13.8 Å². The molecule has 0 spiro atoms. The monoisotopic (exact) mass is 357 g/mol. The molecule has 8 heteroatoms. The standard InChI is InChI=1S/C17H19N5O2S/c1-4-21-11(2)9-15(12(21)3)16(24)10-25-17-18-19-20-22(17)13-5-7-14(23)8-6-13/h5-9,23H,4,10H2,1-3H3. The molecule has 0 aliphatic rings. The van der Waals surface area contributed by atoms with E-state index >= 15 is 0 Å². The number of aryl methyl sites for hydroxylation is 1. The van der Waals surface area contributed by atoms with Crippen LogP contribution in [-0.4, -0.2) is 41.4 Å². The van der Waals surface area contributed by atoms with Gasteiger partial charge in [-0.15, -0.1) is 5.10 Å². The molecule has 3 rings (SSSR count). The zero-order valence-corrected chi connectivity index (χ0v) is 15.1. The second-order valence-electron chi connectivity index (χ2n) is 5.63. The van der Waals surface area contributed by atoms with Crippen molar-refractivity contribution < 1.29 is 9.90 Å². The molecule has 25 heavy (non-hydrogen) atoms. The van der Waals surface area contributed by atoms with E-state index in [1.54, 1.807) is 28.9 Å². The third-order valence-corrected chi connectivity index (χ3v) is 4.98. The Morgan fingerprint density at radius 3 is 2.60 bits per heavy atom. The van der Waals surface area contributed by atoms with Crippen molar-refractivity contribution in [1.29, 1.82) is 0 Å². The molecule has 3 aromatic rings. The Morgan fingerprint density at radius 1 is 1.24 bits per heavy atom. The lowest BCUT2D eigenvalue weighted by atomic mass is 10.2. The molecule has 0 bridgehead atoms. The van der Waals surface area contributed by atoms with Crippen LogP contribution < -0.4 is 0 Å². The van der Waals surface area contributed by atoms with E-state index in [2.05, 4.69) is 27.0 Å². The number of ketones is 1. The summed E-state index contributed by atoms with van der Waals surface area (Å²) in [6.07, 6.45) is 0. The number of aromatic hydroxyl groups is 1. The van der Waals surface area contributed by atoms with Gasteiger partial charge in [-0.1, -0.05) is 11.8 Å². The van der Waals surface area contributed by atoms with Gasteiger partial charge < -0.3 is 9.67 Å². The van der Waals surface area contributed by atoms with E-state index in [0.29, 0.717) is 5.16 Å². The molecule has 0 amide bonds. The lowest BCUT2D eigenvalue weighted by molar-refractivity contribution is 0.102. The zero-order chi connectivity index (χ0) is 18.0. The molecule has 1 aromatic carbocycles. The average Bonchev–Trinajstić information content (AvgIpc) is 3.17. The van der Waals surface area contributed by atoms with Crippen molar-refractivity contribution in [3.05, 3.63) is 47.3 Å². The fourth-order valence-electron chi connectivity index (χ4n) is 2.80. The molecule has 7 nitrogen and oxygen atoms in total. The van der Waals surface area contributed by atoms with Crippen molar-refractivity contribution in [2.24, 2.45) is 0 Å². The molecule has 0 aliphatic heterocycles. The molecule has 0 aliphatic carbocycles. The number of nitrogens with zero attached hydrogens (tertiary/aromatic N) is 5. The highest BCUT2D eigenvalue weighted by Gasteiger charge is 2.17. The highest BCUT2D eigenvalue weighted by atomic mass is 32.2. The summed E-state index contributed by atoms with van der Waals surface area (Å²) < 4.78 is 3.67. The topological polar surface area (TPSA) is 85.8 Å². The van der Waals surface area contributed by atoms with Crippen LogP contribution >= 0.6 is 11.8 Å². The van der Waals surface area contributed by atoms with Crippen LogP contribution in [0.3, 0.4) is 0 Å². The van der Waals surface area contributed by atoms with Crippen LogP contribution in [0.1, 0.15) is 28.7 Å². The Kier molecular flexibility index (Phi) is 4.89. The second-order valence-corrected chi connectivity index (χ2v) is 6.57. The minimum Gasteiger partial charge on any atom is -0.508 e. The maximum atomic E-state index is 12.6. The second kappa shape index (κ2) is 7.10. The number of thioether (sulfide) groups is 1. The number of phenolic OH excluding ortho intramolecular Hbond substituents is 1. The molecule has 0 radical (unpaired) electrons. The van der Waals surface area contributed by atoms with Gasteiger partial charge in [0.05, 0.1) is 11.4 Å². The van der Waals surface area contributed by atoms with E-state index in [4.69, 9.17) is 0 Å². The third kappa shape index (κ3) is 3.43. The normalized spacial score (nSPS) is 11.0. The molecule has 0 saturated heterocycles. The Labute approximate surface area is 149 Å². The van der Waals surface area contributed by atoms with E-state index in [0.717, 1.165) is 29.2 Å². The van der Waals surface area contributed by atoms with Crippen molar-refractivity contribution in [3.63, 3.8) is 0 Å². The number of hydrogen-bond acceptors (Lipinski definition) is 6. The van der Waals surface area contributed by atoms with Crippen LogP contribution in [0.2, 0.25) is 0 Å². The van der Waals surface area contributed by atoms with Gasteiger partial charge in [0.1, 0.15) is 5.75 Å². The van der Waals surface area contributed by atoms with Gasteiger partial charge in [-0.3, -0.25) is 4.79 Å². The fraction of sp³-hybridized carbons (Fsp3) is 0.294. The summed E-state index contributed by atoms with van der Waals surface area (Å²) in [7, 11) is 0. The number of benzene rings is 1. The first-order chi connectivity index (χ1) is 12.0. The highest BCUT2D eigenvalue weighted by Crippen LogP contribution is 2.22. The Morgan fingerprint density at radius 2 is 1.96 bits per heavy atom. The predicted molar refractivity (Wildman–Crippen MR) is 95.5 cm³/mol. The minimum atomic E-state index is 0.0538. The van der Waals surface area contributed by atoms with Crippen molar-refractivity contribution in [2.45, 2.75) is 32.5 Å². The minimum absolute atomic E-state index is 0.0538. The maximum absolute atomic E-state index is 12.6. The summed E-state index contributed by atoms with van der Waals surface area (Å²) in [6.45, 7) is 6.88. The fourth-order valence-corrected chi connectivity index (χ4v) is 3.58. The van der Waals surface area contributed by atoms with E-state index in [1.165, 1.54) is 11.8 Å². The number of rotatable bonds is 6. The number of hydrogen-bond donors (Lipinski definition) is 1. The van der Waals surface area contributed by atoms with Crippen molar-refractivity contribution >= 4 is 17.5 Å². The van der Waals surface area contributed by atoms with E-state index < -0.39 is 0 Å². The Hall–Kier alpha value is -2.61. The number of tetrazole rings is 1. The first-order valence-corrected chi connectivity index (χ1v) is 8.90. The summed E-state index contributed by atoms with van der Waals surface area (Å²) in [5.74, 6) is 0.484. The summed E-state index contributed by atoms with van der Waals surface area (Å²) >= 11 is 1.29. The van der Waals surface area contributed by atoms with E-state index in [-0.39, 0.29) is 17.3 Å². The molecule has 1 N–H and O–H groups in total. The van der Waals surface area contributed by atoms with Gasteiger partial charge in [-0.2, -0.15) is 4.68 Å². The van der Waals surface area contributed by atoms with Gasteiger partial charge in [0, 0.05) is 23.5 Å². The van der Waals surface area contributed by atoms with Crippen molar-refractivity contribution in [1.82, 2.24) is 24.8 Å². The van der Waals surface area contributed by atoms with E-state index in [9.17, 15) is 9.90 Å². The van der Waals surface area contributed by atoms with Gasteiger partial charge in [-0.25, -0.2) is 0 Å². The Bertz CT molecular complexity index is 898. The van der Waals surface area contributed by atoms with Crippen LogP contribution in [0.5, 0.6) is 5.75 Å². The van der Waals surface area contributed by atoms with E-state index in [1.807, 2.05) is 19.9 Å². The molecular weight excluding hydrogens is 338 g/mol. The predicted octanol–water partition coefficient (Wildman–Crippen LogP) is 2.78. The van der Waals surface area contributed by atoms with Gasteiger partial charge in [0.2, 0.25) is 5.16 Å². The molecular formula is C17H19N5O2S. The molecule has 0 saturated carbocycles. The molecule has 0 fully saturated rings. The van der Waals surface area contributed by atoms with Gasteiger partial charge >= 0.3 is 0 Å². The number of carbonyl (C=O) groups excluding carboxylic acids is 1. The molecule has 2 heterocycles. The smallest absolute Gasteiger partial charge is 0.214 e. The lowest BCUT2D eigenvalue weighted by Gasteiger charge is -2.06. The highest BCUT2D eigenvalue weighted by molar-refractivity contribution is 7.99. The van der Waals surface area contributed by atoms with Gasteiger partial charge in [-0.05, 0) is 61.5 Å². The summed E-state index contributed by atoms with van der Waals surface area (Å²) in [5.41, 5.74) is 3.54. The van der Waals surface area contributed by atoms with Crippen molar-refractivity contribution in [2.75, 3.05) is 5.75 Å². The molecule has 130 valence electrons.